The molecule has 0 aliphatic heterocycles. The summed E-state index contributed by atoms with van der Waals surface area (Å²) in [5.41, 5.74) is 0. The summed E-state index contributed by atoms with van der Waals surface area (Å²) in [7, 11) is 0. The maximum Gasteiger partial charge on any atom is 0.306 e. The molecule has 0 amide bonds. The molecule has 352 valence electrons. The molecule has 0 N–H and O–H groups in total. The van der Waals surface area contributed by atoms with Crippen LogP contribution in [0.1, 0.15) is 188 Å². The van der Waals surface area contributed by atoms with Crippen LogP contribution in [0.25, 0.3) is 0 Å². The Morgan fingerprint density at radius 2 is 0.698 bits per heavy atom. The van der Waals surface area contributed by atoms with Gasteiger partial charge in [0.25, 0.3) is 0 Å². The summed E-state index contributed by atoms with van der Waals surface area (Å²) in [4.78, 5) is 37.9. The Bertz CT molecular complexity index is 1420. The summed E-state index contributed by atoms with van der Waals surface area (Å²) in [5.74, 6) is -1.01. The number of unbranched alkanes of at least 4 members (excludes halogenated alkanes) is 14. The van der Waals surface area contributed by atoms with Crippen LogP contribution in [0.3, 0.4) is 0 Å². The van der Waals surface area contributed by atoms with Gasteiger partial charge in [-0.25, -0.2) is 0 Å². The number of ether oxygens (including phenoxy) is 3. The monoisotopic (exact) mass is 869 g/mol. The Balaban J connectivity index is 4.58. The van der Waals surface area contributed by atoms with E-state index in [-0.39, 0.29) is 37.5 Å². The maximum absolute atomic E-state index is 12.8. The SMILES string of the molecule is CC\C=C/C=C\C=C/C=C\C=C\C=C/CCCCCC(=O)OCC(COC(=O)CCCCCCC/C=C\CCCCC)OC(=O)CCCCC/C=C\C/C=C\C/C=C\C/C=C\CC. The molecule has 6 nitrogen and oxygen atoms in total. The van der Waals surface area contributed by atoms with Crippen molar-refractivity contribution in [1.29, 1.82) is 0 Å². The van der Waals surface area contributed by atoms with Gasteiger partial charge in [0.2, 0.25) is 0 Å². The Labute approximate surface area is 385 Å². The van der Waals surface area contributed by atoms with E-state index in [1.807, 2.05) is 60.8 Å². The van der Waals surface area contributed by atoms with Crippen LogP contribution in [0.4, 0.5) is 0 Å². The number of hydrogen-bond donors (Lipinski definition) is 0. The first-order valence-corrected chi connectivity index (χ1v) is 24.8. The zero-order valence-electron chi connectivity index (χ0n) is 40.0. The Hall–Kier alpha value is -4.45. The van der Waals surface area contributed by atoms with Gasteiger partial charge in [0, 0.05) is 19.3 Å². The molecule has 0 heterocycles. The molecule has 0 aromatic rings. The van der Waals surface area contributed by atoms with Gasteiger partial charge in [0.15, 0.2) is 6.10 Å². The maximum atomic E-state index is 12.8. The largest absolute Gasteiger partial charge is 0.462 e. The highest BCUT2D eigenvalue weighted by molar-refractivity contribution is 5.71. The van der Waals surface area contributed by atoms with Gasteiger partial charge in [0.05, 0.1) is 0 Å². The molecule has 0 bridgehead atoms. The average molecular weight is 869 g/mol. The molecule has 0 radical (unpaired) electrons. The highest BCUT2D eigenvalue weighted by Crippen LogP contribution is 2.12. The first-order chi connectivity index (χ1) is 31.0. The minimum Gasteiger partial charge on any atom is -0.462 e. The van der Waals surface area contributed by atoms with E-state index in [1.165, 1.54) is 32.1 Å². The molecule has 0 saturated heterocycles. The summed E-state index contributed by atoms with van der Waals surface area (Å²) in [5, 5.41) is 0. The van der Waals surface area contributed by atoms with Crippen molar-refractivity contribution < 1.29 is 28.6 Å². The smallest absolute Gasteiger partial charge is 0.306 e. The normalized spacial score (nSPS) is 13.3. The zero-order valence-corrected chi connectivity index (χ0v) is 40.0. The quantitative estimate of drug-likeness (QED) is 0.0200. The lowest BCUT2D eigenvalue weighted by atomic mass is 10.1. The number of esters is 3. The fraction of sp³-hybridized carbons (Fsp3) is 0.561. The van der Waals surface area contributed by atoms with Crippen molar-refractivity contribution in [2.75, 3.05) is 13.2 Å². The summed E-state index contributed by atoms with van der Waals surface area (Å²) in [6, 6.07) is 0. The lowest BCUT2D eigenvalue weighted by Gasteiger charge is -2.18. The van der Waals surface area contributed by atoms with Gasteiger partial charge in [-0.05, 0) is 103 Å². The first-order valence-electron chi connectivity index (χ1n) is 24.8. The minimum atomic E-state index is -0.821. The molecule has 0 aromatic heterocycles. The number of hydrogen-bond acceptors (Lipinski definition) is 6. The van der Waals surface area contributed by atoms with Gasteiger partial charge in [-0.2, -0.15) is 0 Å². The van der Waals surface area contributed by atoms with E-state index in [0.29, 0.717) is 19.3 Å². The molecule has 0 fully saturated rings. The molecule has 0 saturated carbocycles. The minimum absolute atomic E-state index is 0.115. The van der Waals surface area contributed by atoms with Crippen LogP contribution < -0.4 is 0 Å². The highest BCUT2D eigenvalue weighted by Gasteiger charge is 2.19. The number of carbonyl (C=O) groups is 3. The second-order valence-corrected chi connectivity index (χ2v) is 15.8. The van der Waals surface area contributed by atoms with Crippen molar-refractivity contribution in [2.24, 2.45) is 0 Å². The highest BCUT2D eigenvalue weighted by atomic mass is 16.6. The van der Waals surface area contributed by atoms with E-state index in [1.54, 1.807) is 0 Å². The van der Waals surface area contributed by atoms with E-state index in [4.69, 9.17) is 14.2 Å². The van der Waals surface area contributed by atoms with Crippen molar-refractivity contribution in [3.8, 4) is 0 Å². The Morgan fingerprint density at radius 3 is 1.19 bits per heavy atom. The van der Waals surface area contributed by atoms with Gasteiger partial charge >= 0.3 is 17.9 Å². The third kappa shape index (κ3) is 48.4. The van der Waals surface area contributed by atoms with Crippen molar-refractivity contribution in [3.63, 3.8) is 0 Å². The summed E-state index contributed by atoms with van der Waals surface area (Å²) in [6.45, 7) is 6.25. The molecule has 1 atom stereocenters. The molecular formula is C57H88O6. The van der Waals surface area contributed by atoms with Crippen molar-refractivity contribution >= 4 is 17.9 Å². The van der Waals surface area contributed by atoms with Crippen LogP contribution >= 0.6 is 0 Å². The number of allylic oxidation sites excluding steroid dienone is 22. The zero-order chi connectivity index (χ0) is 45.8. The lowest BCUT2D eigenvalue weighted by Crippen LogP contribution is -2.30. The molecule has 63 heavy (non-hydrogen) atoms. The predicted molar refractivity (Wildman–Crippen MR) is 269 cm³/mol. The average Bonchev–Trinajstić information content (AvgIpc) is 3.28. The molecule has 0 rings (SSSR count). The van der Waals surface area contributed by atoms with E-state index in [0.717, 1.165) is 109 Å². The summed E-state index contributed by atoms with van der Waals surface area (Å²) >= 11 is 0. The number of rotatable bonds is 42. The van der Waals surface area contributed by atoms with Gasteiger partial charge in [-0.15, -0.1) is 0 Å². The topological polar surface area (TPSA) is 78.9 Å². The fourth-order valence-corrected chi connectivity index (χ4v) is 6.10. The van der Waals surface area contributed by atoms with Crippen molar-refractivity contribution in [3.05, 3.63) is 134 Å². The van der Waals surface area contributed by atoms with Crippen LogP contribution in [0.2, 0.25) is 0 Å². The van der Waals surface area contributed by atoms with E-state index >= 15 is 0 Å². The lowest BCUT2D eigenvalue weighted by molar-refractivity contribution is -0.167. The molecule has 1 unspecified atom stereocenters. The standard InChI is InChI=1S/C57H88O6/c1-4-7-10-13-16-19-22-25-27-29-31-32-35-38-41-44-47-50-56(59)62-53-54(52-61-55(58)49-46-43-40-37-34-24-21-18-15-12-9-6-3)63-57(60)51-48-45-42-39-36-33-30-28-26-23-20-17-14-11-8-5-2/h7-8,10-11,13,16-22,25-29,31-33,35-36,54H,4-6,9,12,14-15,23-24,30,34,37-53H2,1-3H3/b10-7-,11-8-,16-13-,20-17-,21-18-,22-19-,27-25-,28-26-,31-29+,35-32-,36-33-. The van der Waals surface area contributed by atoms with Gasteiger partial charge < -0.3 is 14.2 Å². The fourth-order valence-electron chi connectivity index (χ4n) is 6.10. The van der Waals surface area contributed by atoms with Crippen LogP contribution in [0, 0.1) is 0 Å². The van der Waals surface area contributed by atoms with E-state index in [9.17, 15) is 14.4 Å². The van der Waals surface area contributed by atoms with Crippen LogP contribution in [-0.2, 0) is 28.6 Å². The Kier molecular flexibility index (Phi) is 46.7. The molecular weight excluding hydrogens is 781 g/mol. The van der Waals surface area contributed by atoms with Crippen molar-refractivity contribution in [2.45, 2.75) is 194 Å². The summed E-state index contributed by atoms with van der Waals surface area (Å²) < 4.78 is 16.7. The van der Waals surface area contributed by atoms with E-state index in [2.05, 4.69) is 93.7 Å². The second-order valence-electron chi connectivity index (χ2n) is 15.8. The molecule has 0 aromatic carbocycles. The molecule has 0 aliphatic carbocycles. The molecule has 0 aliphatic rings. The van der Waals surface area contributed by atoms with Gasteiger partial charge in [-0.1, -0.05) is 199 Å². The van der Waals surface area contributed by atoms with Gasteiger partial charge in [-0.3, -0.25) is 14.4 Å². The van der Waals surface area contributed by atoms with Crippen LogP contribution in [-0.4, -0.2) is 37.2 Å². The third-order valence-electron chi connectivity index (χ3n) is 9.78. The second kappa shape index (κ2) is 50.2. The predicted octanol–water partition coefficient (Wildman–Crippen LogP) is 16.3. The van der Waals surface area contributed by atoms with Crippen LogP contribution in [0.15, 0.2) is 134 Å². The van der Waals surface area contributed by atoms with E-state index < -0.39 is 6.10 Å². The summed E-state index contributed by atoms with van der Waals surface area (Å²) in [6.07, 6.45) is 70.0. The van der Waals surface area contributed by atoms with Crippen LogP contribution in [0.5, 0.6) is 0 Å². The van der Waals surface area contributed by atoms with Gasteiger partial charge in [0.1, 0.15) is 13.2 Å². The molecule has 0 spiro atoms. The first kappa shape index (κ1) is 58.6. The molecule has 6 heteroatoms. The van der Waals surface area contributed by atoms with Crippen molar-refractivity contribution in [1.82, 2.24) is 0 Å². The third-order valence-corrected chi connectivity index (χ3v) is 9.78. The number of carbonyl (C=O) groups excluding carboxylic acids is 3. The Morgan fingerprint density at radius 1 is 0.349 bits per heavy atom.